The van der Waals surface area contributed by atoms with Gasteiger partial charge in [0.05, 0.1) is 0 Å². The molecule has 0 saturated carbocycles. The van der Waals surface area contributed by atoms with Gasteiger partial charge in [-0.3, -0.25) is 4.90 Å². The molecule has 0 unspecified atom stereocenters. The molecule has 1 amide bonds. The number of aliphatic carboxylic acids is 1. The molecular formula is C15H27NO6. The molecule has 1 rings (SSSR count). The zero-order valence-electron chi connectivity index (χ0n) is 14.0. The van der Waals surface area contributed by atoms with Crippen molar-refractivity contribution in [2.24, 2.45) is 0 Å². The van der Waals surface area contributed by atoms with Crippen LogP contribution in [-0.2, 0) is 19.0 Å². The van der Waals surface area contributed by atoms with Crippen LogP contribution in [0.25, 0.3) is 0 Å². The highest BCUT2D eigenvalue weighted by atomic mass is 16.7. The summed E-state index contributed by atoms with van der Waals surface area (Å²) in [5.74, 6) is -2.04. The molecule has 7 nitrogen and oxygen atoms in total. The zero-order valence-corrected chi connectivity index (χ0v) is 14.0. The predicted octanol–water partition coefficient (Wildman–Crippen LogP) is 2.24. The summed E-state index contributed by atoms with van der Waals surface area (Å²) in [5, 5.41) is 9.46. The van der Waals surface area contributed by atoms with E-state index < -0.39 is 29.5 Å². The summed E-state index contributed by atoms with van der Waals surface area (Å²) in [7, 11) is 0. The van der Waals surface area contributed by atoms with E-state index >= 15 is 0 Å². The number of amides is 1. The highest BCUT2D eigenvalue weighted by Gasteiger charge is 2.47. The van der Waals surface area contributed by atoms with Crippen LogP contribution in [0, 0.1) is 0 Å². The first-order valence-electron chi connectivity index (χ1n) is 7.64. The molecule has 1 heterocycles. The number of carbonyl (C=O) groups is 2. The van der Waals surface area contributed by atoms with Crippen LogP contribution in [0.2, 0.25) is 0 Å². The molecule has 1 fully saturated rings. The Kier molecular flexibility index (Phi) is 6.19. The van der Waals surface area contributed by atoms with Gasteiger partial charge in [0.2, 0.25) is 0 Å². The van der Waals surface area contributed by atoms with Gasteiger partial charge in [-0.05, 0) is 34.6 Å². The first kappa shape index (κ1) is 18.7. The van der Waals surface area contributed by atoms with Crippen molar-refractivity contribution in [2.45, 2.75) is 64.9 Å². The Bertz CT molecular complexity index is 397. The van der Waals surface area contributed by atoms with E-state index in [1.807, 2.05) is 13.8 Å². The van der Waals surface area contributed by atoms with Crippen molar-refractivity contribution in [1.29, 1.82) is 0 Å². The van der Waals surface area contributed by atoms with Gasteiger partial charge in [-0.25, -0.2) is 9.59 Å². The molecule has 1 atom stereocenters. The summed E-state index contributed by atoms with van der Waals surface area (Å²) in [6.07, 6.45) is -0.123. The smallest absolute Gasteiger partial charge is 0.411 e. The average molecular weight is 317 g/mol. The number of carboxylic acid groups (broad SMARTS) is 1. The molecule has 0 aromatic heterocycles. The summed E-state index contributed by atoms with van der Waals surface area (Å²) in [4.78, 5) is 25.0. The predicted molar refractivity (Wildman–Crippen MR) is 79.6 cm³/mol. The highest BCUT2D eigenvalue weighted by molar-refractivity contribution is 5.80. The van der Waals surface area contributed by atoms with Crippen LogP contribution in [0.3, 0.4) is 0 Å². The maximum atomic E-state index is 12.2. The molecule has 0 aliphatic carbocycles. The van der Waals surface area contributed by atoms with Crippen molar-refractivity contribution in [2.75, 3.05) is 19.8 Å². The molecule has 1 aliphatic rings. The minimum atomic E-state index is -1.09. The van der Waals surface area contributed by atoms with Crippen LogP contribution in [0.1, 0.15) is 47.5 Å². The van der Waals surface area contributed by atoms with Gasteiger partial charge in [-0.1, -0.05) is 0 Å². The molecule has 0 aromatic carbocycles. The summed E-state index contributed by atoms with van der Waals surface area (Å²) in [5.41, 5.74) is -0.672. The Labute approximate surface area is 131 Å². The normalized spacial score (nSPS) is 21.5. The Morgan fingerprint density at radius 3 is 2.18 bits per heavy atom. The number of likely N-dealkylation sites (tertiary alicyclic amines) is 1. The summed E-state index contributed by atoms with van der Waals surface area (Å²) in [6, 6.07) is -1.03. The van der Waals surface area contributed by atoms with Crippen molar-refractivity contribution in [1.82, 2.24) is 4.90 Å². The SMILES string of the molecule is CCOC1(OCC)CCN(C(=O)OC(C)(C)C)[C@@H](C(=O)O)C1. The fourth-order valence-electron chi connectivity index (χ4n) is 2.54. The topological polar surface area (TPSA) is 85.3 Å². The average Bonchev–Trinajstić information content (AvgIpc) is 2.37. The van der Waals surface area contributed by atoms with Gasteiger partial charge in [0.25, 0.3) is 0 Å². The van der Waals surface area contributed by atoms with E-state index in [1.165, 1.54) is 4.90 Å². The second kappa shape index (κ2) is 7.28. The van der Waals surface area contributed by atoms with Crippen LogP contribution in [0.15, 0.2) is 0 Å². The highest BCUT2D eigenvalue weighted by Crippen LogP contribution is 2.32. The molecule has 0 bridgehead atoms. The lowest BCUT2D eigenvalue weighted by molar-refractivity contribution is -0.259. The Balaban J connectivity index is 2.91. The standard InChI is InChI=1S/C15H27NO6/c1-6-20-15(21-7-2)8-9-16(11(10-15)12(17)18)13(19)22-14(3,4)5/h11H,6-10H2,1-5H3,(H,17,18)/t11-/m1/s1. The van der Waals surface area contributed by atoms with Gasteiger partial charge in [-0.15, -0.1) is 0 Å². The fraction of sp³-hybridized carbons (Fsp3) is 0.867. The van der Waals surface area contributed by atoms with Crippen LogP contribution < -0.4 is 0 Å². The number of nitrogens with zero attached hydrogens (tertiary/aromatic N) is 1. The number of rotatable bonds is 5. The van der Waals surface area contributed by atoms with E-state index in [1.54, 1.807) is 20.8 Å². The molecule has 7 heteroatoms. The summed E-state index contributed by atoms with van der Waals surface area (Å²) >= 11 is 0. The Morgan fingerprint density at radius 2 is 1.77 bits per heavy atom. The molecule has 0 aromatic rings. The van der Waals surface area contributed by atoms with Gasteiger partial charge >= 0.3 is 12.1 Å². The van der Waals surface area contributed by atoms with Crippen molar-refractivity contribution in [3.63, 3.8) is 0 Å². The Morgan fingerprint density at radius 1 is 1.23 bits per heavy atom. The molecule has 0 radical (unpaired) electrons. The van der Waals surface area contributed by atoms with E-state index in [9.17, 15) is 14.7 Å². The van der Waals surface area contributed by atoms with Crippen molar-refractivity contribution < 1.29 is 28.9 Å². The number of hydrogen-bond acceptors (Lipinski definition) is 5. The summed E-state index contributed by atoms with van der Waals surface area (Å²) < 4.78 is 16.6. The third-order valence-corrected chi connectivity index (χ3v) is 3.34. The third kappa shape index (κ3) is 4.84. The second-order valence-electron chi connectivity index (χ2n) is 6.26. The fourth-order valence-corrected chi connectivity index (χ4v) is 2.54. The quantitative estimate of drug-likeness (QED) is 0.783. The lowest BCUT2D eigenvalue weighted by Crippen LogP contribution is -2.58. The lowest BCUT2D eigenvalue weighted by atomic mass is 9.96. The number of ether oxygens (including phenoxy) is 3. The molecular weight excluding hydrogens is 290 g/mol. The number of hydrogen-bond donors (Lipinski definition) is 1. The van der Waals surface area contributed by atoms with Gasteiger partial charge in [0.1, 0.15) is 11.6 Å². The van der Waals surface area contributed by atoms with Crippen LogP contribution in [0.5, 0.6) is 0 Å². The van der Waals surface area contributed by atoms with E-state index in [-0.39, 0.29) is 13.0 Å². The molecule has 0 spiro atoms. The zero-order chi connectivity index (χ0) is 17.0. The van der Waals surface area contributed by atoms with Crippen molar-refractivity contribution >= 4 is 12.1 Å². The van der Waals surface area contributed by atoms with Gasteiger partial charge in [-0.2, -0.15) is 0 Å². The molecule has 22 heavy (non-hydrogen) atoms. The number of piperidine rings is 1. The summed E-state index contributed by atoms with van der Waals surface area (Å²) in [6.45, 7) is 9.94. The van der Waals surface area contributed by atoms with E-state index in [0.29, 0.717) is 19.6 Å². The van der Waals surface area contributed by atoms with Crippen LogP contribution in [0.4, 0.5) is 4.79 Å². The number of carbonyl (C=O) groups excluding carboxylic acids is 1. The monoisotopic (exact) mass is 317 g/mol. The molecule has 128 valence electrons. The lowest BCUT2D eigenvalue weighted by Gasteiger charge is -2.44. The maximum Gasteiger partial charge on any atom is 0.411 e. The largest absolute Gasteiger partial charge is 0.480 e. The van der Waals surface area contributed by atoms with Crippen LogP contribution in [-0.4, -0.2) is 59.3 Å². The Hall–Kier alpha value is -1.34. The van der Waals surface area contributed by atoms with Gasteiger partial charge in [0, 0.05) is 32.6 Å². The third-order valence-electron chi connectivity index (χ3n) is 3.34. The van der Waals surface area contributed by atoms with Crippen molar-refractivity contribution in [3.05, 3.63) is 0 Å². The first-order valence-corrected chi connectivity index (χ1v) is 7.64. The van der Waals surface area contributed by atoms with E-state index in [0.717, 1.165) is 0 Å². The van der Waals surface area contributed by atoms with E-state index in [2.05, 4.69) is 0 Å². The second-order valence-corrected chi connectivity index (χ2v) is 6.26. The van der Waals surface area contributed by atoms with Crippen molar-refractivity contribution in [3.8, 4) is 0 Å². The molecule has 1 saturated heterocycles. The maximum absolute atomic E-state index is 12.2. The van der Waals surface area contributed by atoms with Crippen LogP contribution >= 0.6 is 0 Å². The van der Waals surface area contributed by atoms with E-state index in [4.69, 9.17) is 14.2 Å². The first-order chi connectivity index (χ1) is 10.1. The number of carboxylic acids is 1. The molecule has 1 N–H and O–H groups in total. The molecule has 1 aliphatic heterocycles. The van der Waals surface area contributed by atoms with Gasteiger partial charge in [0.15, 0.2) is 5.79 Å². The minimum absolute atomic E-state index is 0.0866. The minimum Gasteiger partial charge on any atom is -0.480 e. The van der Waals surface area contributed by atoms with Gasteiger partial charge < -0.3 is 19.3 Å².